The van der Waals surface area contributed by atoms with Gasteiger partial charge in [0.2, 0.25) is 0 Å². The molecule has 2 unspecified atom stereocenters. The molecule has 8 nitrogen and oxygen atoms in total. The number of sulfonamides is 1. The van der Waals surface area contributed by atoms with Gasteiger partial charge in [0.1, 0.15) is 4.90 Å². The van der Waals surface area contributed by atoms with Gasteiger partial charge in [-0.1, -0.05) is 19.1 Å². The van der Waals surface area contributed by atoms with Crippen LogP contribution in [0.2, 0.25) is 0 Å². The molecule has 2 aromatic rings. The van der Waals surface area contributed by atoms with Crippen LogP contribution in [0.5, 0.6) is 0 Å². The molecule has 1 aliphatic rings. The zero-order valence-electron chi connectivity index (χ0n) is 14.3. The average Bonchev–Trinajstić information content (AvgIpc) is 3.27. The second kappa shape index (κ2) is 7.46. The van der Waals surface area contributed by atoms with Crippen LogP contribution < -0.4 is 4.72 Å². The summed E-state index contributed by atoms with van der Waals surface area (Å²) in [4.78, 5) is 11.0. The summed E-state index contributed by atoms with van der Waals surface area (Å²) >= 11 is 0. The molecule has 0 aliphatic carbocycles. The third kappa shape index (κ3) is 4.23. The van der Waals surface area contributed by atoms with Crippen LogP contribution in [0.15, 0.2) is 41.6 Å². The molecular weight excluding hydrogens is 358 g/mol. The summed E-state index contributed by atoms with van der Waals surface area (Å²) in [5.41, 5.74) is 1.24. The predicted octanol–water partition coefficient (Wildman–Crippen LogP) is 1.91. The quantitative estimate of drug-likeness (QED) is 0.760. The molecule has 3 rings (SSSR count). The molecule has 0 spiro atoms. The SMILES string of the molecule is CC(Cc1ccc(NS(=O)(=O)c2cnn(C3CCOC3)c2)cc1)C(=O)O. The van der Waals surface area contributed by atoms with E-state index < -0.39 is 21.9 Å². The summed E-state index contributed by atoms with van der Waals surface area (Å²) in [5, 5.41) is 13.1. The van der Waals surface area contributed by atoms with Crippen LogP contribution >= 0.6 is 0 Å². The molecule has 1 fully saturated rings. The third-order valence-corrected chi connectivity index (χ3v) is 5.67. The highest BCUT2D eigenvalue weighted by Gasteiger charge is 2.22. The molecule has 9 heteroatoms. The molecule has 0 saturated carbocycles. The first-order valence-corrected chi connectivity index (χ1v) is 9.80. The van der Waals surface area contributed by atoms with Crippen molar-refractivity contribution in [1.82, 2.24) is 9.78 Å². The van der Waals surface area contributed by atoms with Crippen LogP contribution in [-0.2, 0) is 26.0 Å². The van der Waals surface area contributed by atoms with Gasteiger partial charge in [0.15, 0.2) is 0 Å². The van der Waals surface area contributed by atoms with Crippen molar-refractivity contribution in [1.29, 1.82) is 0 Å². The summed E-state index contributed by atoms with van der Waals surface area (Å²) in [6.07, 6.45) is 4.03. The standard InChI is InChI=1S/C17H21N3O5S/c1-12(17(21)22)8-13-2-4-14(5-3-13)19-26(23,24)16-9-18-20(10-16)15-6-7-25-11-15/h2-5,9-10,12,15,19H,6-8,11H2,1H3,(H,21,22). The van der Waals surface area contributed by atoms with Crippen molar-refractivity contribution in [3.8, 4) is 0 Å². The topological polar surface area (TPSA) is 111 Å². The second-order valence-corrected chi connectivity index (χ2v) is 8.10. The number of aromatic nitrogens is 2. The second-order valence-electron chi connectivity index (χ2n) is 6.42. The minimum absolute atomic E-state index is 0.0643. The largest absolute Gasteiger partial charge is 0.481 e. The molecule has 0 amide bonds. The van der Waals surface area contributed by atoms with Crippen LogP contribution in [0, 0.1) is 5.92 Å². The summed E-state index contributed by atoms with van der Waals surface area (Å²) < 4.78 is 34.4. The maximum atomic E-state index is 12.5. The molecule has 26 heavy (non-hydrogen) atoms. The van der Waals surface area contributed by atoms with Gasteiger partial charge in [-0.2, -0.15) is 5.10 Å². The van der Waals surface area contributed by atoms with Gasteiger partial charge in [-0.15, -0.1) is 0 Å². The molecule has 2 heterocycles. The van der Waals surface area contributed by atoms with Gasteiger partial charge in [0.05, 0.1) is 24.8 Å². The first-order valence-electron chi connectivity index (χ1n) is 8.31. The molecule has 1 aliphatic heterocycles. The lowest BCUT2D eigenvalue weighted by Crippen LogP contribution is -2.14. The van der Waals surface area contributed by atoms with Crippen molar-refractivity contribution in [3.05, 3.63) is 42.2 Å². The van der Waals surface area contributed by atoms with Gasteiger partial charge >= 0.3 is 5.97 Å². The van der Waals surface area contributed by atoms with Crippen LogP contribution in [0.25, 0.3) is 0 Å². The van der Waals surface area contributed by atoms with E-state index in [-0.39, 0.29) is 10.9 Å². The van der Waals surface area contributed by atoms with Crippen LogP contribution in [0.1, 0.15) is 24.9 Å². The lowest BCUT2D eigenvalue weighted by Gasteiger charge is -2.09. The summed E-state index contributed by atoms with van der Waals surface area (Å²) in [5.74, 6) is -1.36. The van der Waals surface area contributed by atoms with Crippen molar-refractivity contribution >= 4 is 21.7 Å². The van der Waals surface area contributed by atoms with Gasteiger partial charge in [-0.25, -0.2) is 8.42 Å². The van der Waals surface area contributed by atoms with Gasteiger partial charge in [0.25, 0.3) is 10.0 Å². The van der Waals surface area contributed by atoms with E-state index in [0.29, 0.717) is 25.3 Å². The van der Waals surface area contributed by atoms with Crippen molar-refractivity contribution in [2.45, 2.75) is 30.7 Å². The molecule has 2 atom stereocenters. The highest BCUT2D eigenvalue weighted by molar-refractivity contribution is 7.92. The Balaban J connectivity index is 1.68. The van der Waals surface area contributed by atoms with Crippen LogP contribution in [0.3, 0.4) is 0 Å². The van der Waals surface area contributed by atoms with Gasteiger partial charge in [-0.05, 0) is 30.5 Å². The predicted molar refractivity (Wildman–Crippen MR) is 94.5 cm³/mol. The number of anilines is 1. The number of benzene rings is 1. The zero-order valence-corrected chi connectivity index (χ0v) is 15.1. The number of ether oxygens (including phenoxy) is 1. The monoisotopic (exact) mass is 379 g/mol. The van der Waals surface area contributed by atoms with E-state index >= 15 is 0 Å². The highest BCUT2D eigenvalue weighted by Crippen LogP contribution is 2.21. The molecular formula is C17H21N3O5S. The van der Waals surface area contributed by atoms with E-state index in [1.807, 2.05) is 0 Å². The molecule has 2 N–H and O–H groups in total. The van der Waals surface area contributed by atoms with E-state index in [4.69, 9.17) is 9.84 Å². The third-order valence-electron chi connectivity index (χ3n) is 4.34. The fourth-order valence-electron chi connectivity index (χ4n) is 2.75. The van der Waals surface area contributed by atoms with Crippen LogP contribution in [-0.4, -0.2) is 42.5 Å². The average molecular weight is 379 g/mol. The lowest BCUT2D eigenvalue weighted by atomic mass is 10.0. The highest BCUT2D eigenvalue weighted by atomic mass is 32.2. The van der Waals surface area contributed by atoms with Crippen molar-refractivity contribution < 1.29 is 23.1 Å². The zero-order chi connectivity index (χ0) is 18.7. The fourth-order valence-corrected chi connectivity index (χ4v) is 3.75. The fraction of sp³-hybridized carbons (Fsp3) is 0.412. The molecule has 1 aromatic heterocycles. The van der Waals surface area contributed by atoms with Crippen molar-refractivity contribution in [3.63, 3.8) is 0 Å². The Kier molecular flexibility index (Phi) is 5.28. The number of hydrogen-bond acceptors (Lipinski definition) is 5. The van der Waals surface area contributed by atoms with E-state index in [1.54, 1.807) is 35.9 Å². The lowest BCUT2D eigenvalue weighted by molar-refractivity contribution is -0.141. The van der Waals surface area contributed by atoms with Crippen LogP contribution in [0.4, 0.5) is 5.69 Å². The number of carboxylic acids is 1. The first-order chi connectivity index (χ1) is 12.3. The Labute approximate surface area is 151 Å². The summed E-state index contributed by atoms with van der Waals surface area (Å²) in [6, 6.07) is 6.75. The van der Waals surface area contributed by atoms with Crippen molar-refractivity contribution in [2.75, 3.05) is 17.9 Å². The Morgan fingerprint density at radius 1 is 1.42 bits per heavy atom. The number of carboxylic acid groups (broad SMARTS) is 1. The Morgan fingerprint density at radius 2 is 2.15 bits per heavy atom. The maximum Gasteiger partial charge on any atom is 0.306 e. The normalized spacial score (nSPS) is 18.6. The maximum absolute atomic E-state index is 12.5. The molecule has 0 radical (unpaired) electrons. The van der Waals surface area contributed by atoms with E-state index in [1.165, 1.54) is 12.4 Å². The number of nitrogens with one attached hydrogen (secondary N) is 1. The molecule has 1 aromatic carbocycles. The number of carbonyl (C=O) groups is 1. The Bertz CT molecular complexity index is 870. The Morgan fingerprint density at radius 3 is 2.77 bits per heavy atom. The summed E-state index contributed by atoms with van der Waals surface area (Å²) in [7, 11) is -3.74. The summed E-state index contributed by atoms with van der Waals surface area (Å²) in [6.45, 7) is 2.81. The molecule has 1 saturated heterocycles. The number of nitrogens with zero attached hydrogens (tertiary/aromatic N) is 2. The number of hydrogen-bond donors (Lipinski definition) is 2. The number of aliphatic carboxylic acids is 1. The minimum atomic E-state index is -3.74. The van der Waals surface area contributed by atoms with Gasteiger partial charge < -0.3 is 9.84 Å². The molecule has 140 valence electrons. The van der Waals surface area contributed by atoms with E-state index in [0.717, 1.165) is 12.0 Å². The minimum Gasteiger partial charge on any atom is -0.481 e. The van der Waals surface area contributed by atoms with E-state index in [9.17, 15) is 13.2 Å². The Hall–Kier alpha value is -2.39. The van der Waals surface area contributed by atoms with Gasteiger partial charge in [0, 0.05) is 18.5 Å². The number of rotatable bonds is 7. The first kappa shape index (κ1) is 18.4. The molecule has 0 bridgehead atoms. The van der Waals surface area contributed by atoms with Gasteiger partial charge in [-0.3, -0.25) is 14.2 Å². The van der Waals surface area contributed by atoms with E-state index in [2.05, 4.69) is 9.82 Å². The van der Waals surface area contributed by atoms with Crippen molar-refractivity contribution in [2.24, 2.45) is 5.92 Å². The smallest absolute Gasteiger partial charge is 0.306 e.